The van der Waals surface area contributed by atoms with Crippen molar-refractivity contribution in [3.05, 3.63) is 34.4 Å². The summed E-state index contributed by atoms with van der Waals surface area (Å²) >= 11 is 3.45. The number of sulfone groups is 1. The number of hydrogen-bond acceptors (Lipinski definition) is 6. The Morgan fingerprint density at radius 3 is 2.79 bits per heavy atom. The molecule has 0 radical (unpaired) electrons. The number of halogens is 1. The molecule has 0 spiro atoms. The van der Waals surface area contributed by atoms with Gasteiger partial charge >= 0.3 is 5.97 Å². The maximum absolute atomic E-state index is 12.0. The molecule has 1 atom stereocenters. The van der Waals surface area contributed by atoms with Gasteiger partial charge in [0, 0.05) is 28.6 Å². The fourth-order valence-electron chi connectivity index (χ4n) is 2.82. The number of carbonyl (C=O) groups excluding carboxylic acids is 1. The van der Waals surface area contributed by atoms with Gasteiger partial charge in [-0.25, -0.2) is 18.2 Å². The summed E-state index contributed by atoms with van der Waals surface area (Å²) in [6.45, 7) is 2.48. The van der Waals surface area contributed by atoms with Crippen LogP contribution in [0.25, 0.3) is 10.9 Å². The highest BCUT2D eigenvalue weighted by Crippen LogP contribution is 2.31. The Kier molecular flexibility index (Phi) is 4.52. The van der Waals surface area contributed by atoms with Gasteiger partial charge < -0.3 is 9.64 Å². The summed E-state index contributed by atoms with van der Waals surface area (Å²) in [4.78, 5) is 18.3. The van der Waals surface area contributed by atoms with Crippen LogP contribution in [0, 0.1) is 0 Å². The summed E-state index contributed by atoms with van der Waals surface area (Å²) < 4.78 is 29.6. The number of fused-ring (bicyclic) bond motifs is 1. The molecule has 1 aliphatic rings. The van der Waals surface area contributed by atoms with E-state index in [1.54, 1.807) is 13.0 Å². The van der Waals surface area contributed by atoms with Crippen molar-refractivity contribution in [2.45, 2.75) is 12.2 Å². The van der Waals surface area contributed by atoms with Gasteiger partial charge in [0.05, 0.1) is 23.6 Å². The van der Waals surface area contributed by atoms with E-state index in [4.69, 9.17) is 4.74 Å². The first kappa shape index (κ1) is 17.2. The van der Waals surface area contributed by atoms with E-state index in [-0.39, 0.29) is 11.4 Å². The number of hydrogen-bond donors (Lipinski definition) is 0. The van der Waals surface area contributed by atoms with Gasteiger partial charge in [0.25, 0.3) is 0 Å². The third-order valence-electron chi connectivity index (χ3n) is 4.22. The molecule has 1 unspecified atom stereocenters. The zero-order chi connectivity index (χ0) is 17.5. The van der Waals surface area contributed by atoms with Crippen molar-refractivity contribution < 1.29 is 17.9 Å². The van der Waals surface area contributed by atoms with Crippen LogP contribution in [-0.4, -0.2) is 50.6 Å². The van der Waals surface area contributed by atoms with Gasteiger partial charge in [0.1, 0.15) is 0 Å². The first-order valence-corrected chi connectivity index (χ1v) is 9.98. The minimum atomic E-state index is -3.05. The Hall–Kier alpha value is -1.67. The van der Waals surface area contributed by atoms with Crippen LogP contribution in [0.4, 0.5) is 5.69 Å². The van der Waals surface area contributed by atoms with Crippen molar-refractivity contribution >= 4 is 48.3 Å². The van der Waals surface area contributed by atoms with Crippen LogP contribution in [0.5, 0.6) is 0 Å². The van der Waals surface area contributed by atoms with Crippen molar-refractivity contribution in [2.75, 3.05) is 30.9 Å². The zero-order valence-corrected chi connectivity index (χ0v) is 15.7. The Bertz CT molecular complexity index is 914. The van der Waals surface area contributed by atoms with Crippen LogP contribution < -0.4 is 4.90 Å². The second kappa shape index (κ2) is 6.33. The molecule has 0 N–H and O–H groups in total. The highest BCUT2D eigenvalue weighted by atomic mass is 79.9. The van der Waals surface area contributed by atoms with Crippen LogP contribution in [-0.2, 0) is 14.6 Å². The normalized spacial score (nSPS) is 20.1. The van der Waals surface area contributed by atoms with Crippen LogP contribution in [0.3, 0.4) is 0 Å². The second-order valence-electron chi connectivity index (χ2n) is 5.80. The lowest BCUT2D eigenvalue weighted by Gasteiger charge is -2.33. The lowest BCUT2D eigenvalue weighted by Crippen LogP contribution is -2.45. The van der Waals surface area contributed by atoms with Crippen LogP contribution in [0.1, 0.15) is 17.4 Å². The molecule has 0 saturated carbocycles. The summed E-state index contributed by atoms with van der Waals surface area (Å²) in [7, 11) is -1.74. The van der Waals surface area contributed by atoms with Crippen LogP contribution >= 0.6 is 15.9 Å². The van der Waals surface area contributed by atoms with E-state index in [0.29, 0.717) is 18.6 Å². The molecule has 0 aliphatic carbocycles. The van der Waals surface area contributed by atoms with Crippen molar-refractivity contribution in [1.82, 2.24) is 4.98 Å². The number of pyridine rings is 1. The largest absolute Gasteiger partial charge is 0.464 e. The third kappa shape index (κ3) is 3.12. The molecule has 6 nitrogen and oxygen atoms in total. The van der Waals surface area contributed by atoms with Gasteiger partial charge in [-0.3, -0.25) is 0 Å². The van der Waals surface area contributed by atoms with Gasteiger partial charge in [-0.15, -0.1) is 0 Å². The quantitative estimate of drug-likeness (QED) is 0.704. The SMILES string of the molecule is COC(=O)c1cc(N2CCS(=O)(=O)C(C)C2)c2cc(Br)ccc2n1. The fraction of sp³-hybridized carbons (Fsp3) is 0.375. The number of esters is 1. The lowest BCUT2D eigenvalue weighted by molar-refractivity contribution is 0.0594. The van der Waals surface area contributed by atoms with Gasteiger partial charge in [-0.2, -0.15) is 0 Å². The predicted molar refractivity (Wildman–Crippen MR) is 96.2 cm³/mol. The summed E-state index contributed by atoms with van der Waals surface area (Å²) in [6, 6.07) is 7.26. The summed E-state index contributed by atoms with van der Waals surface area (Å²) in [5.41, 5.74) is 1.67. The van der Waals surface area contributed by atoms with Crippen molar-refractivity contribution in [3.63, 3.8) is 0 Å². The first-order valence-electron chi connectivity index (χ1n) is 7.47. The number of anilines is 1. The molecule has 8 heteroatoms. The number of benzene rings is 1. The van der Waals surface area contributed by atoms with E-state index in [1.807, 2.05) is 23.1 Å². The van der Waals surface area contributed by atoms with E-state index < -0.39 is 21.1 Å². The zero-order valence-electron chi connectivity index (χ0n) is 13.3. The Labute approximate surface area is 148 Å². The molecule has 1 aromatic heterocycles. The van der Waals surface area contributed by atoms with Crippen molar-refractivity contribution in [2.24, 2.45) is 0 Å². The average molecular weight is 413 g/mol. The maximum Gasteiger partial charge on any atom is 0.356 e. The summed E-state index contributed by atoms with van der Waals surface area (Å²) in [6.07, 6.45) is 0. The Morgan fingerprint density at radius 1 is 1.38 bits per heavy atom. The topological polar surface area (TPSA) is 76.6 Å². The molecule has 1 fully saturated rings. The average Bonchev–Trinajstić information content (AvgIpc) is 2.55. The number of nitrogens with zero attached hydrogens (tertiary/aromatic N) is 2. The van der Waals surface area contributed by atoms with Gasteiger partial charge in [-0.05, 0) is 31.2 Å². The highest BCUT2D eigenvalue weighted by molar-refractivity contribution is 9.10. The van der Waals surface area contributed by atoms with Gasteiger partial charge in [-0.1, -0.05) is 15.9 Å². The van der Waals surface area contributed by atoms with Gasteiger partial charge in [0.2, 0.25) is 0 Å². The monoisotopic (exact) mass is 412 g/mol. The third-order valence-corrected chi connectivity index (χ3v) is 6.84. The number of rotatable bonds is 2. The van der Waals surface area contributed by atoms with Crippen LogP contribution in [0.15, 0.2) is 28.7 Å². The minimum Gasteiger partial charge on any atom is -0.464 e. The fourth-order valence-corrected chi connectivity index (χ4v) is 4.47. The van der Waals surface area contributed by atoms with E-state index in [9.17, 15) is 13.2 Å². The lowest BCUT2D eigenvalue weighted by atomic mass is 10.1. The summed E-state index contributed by atoms with van der Waals surface area (Å²) in [5, 5.41) is 0.409. The number of ether oxygens (including phenoxy) is 1. The van der Waals surface area contributed by atoms with Crippen molar-refractivity contribution in [1.29, 1.82) is 0 Å². The van der Waals surface area contributed by atoms with E-state index >= 15 is 0 Å². The van der Waals surface area contributed by atoms with Crippen LogP contribution in [0.2, 0.25) is 0 Å². The molecule has 1 aliphatic heterocycles. The molecule has 128 valence electrons. The Morgan fingerprint density at radius 2 is 2.12 bits per heavy atom. The second-order valence-corrected chi connectivity index (χ2v) is 9.26. The molecule has 1 saturated heterocycles. The molecule has 2 heterocycles. The highest BCUT2D eigenvalue weighted by Gasteiger charge is 2.30. The first-order chi connectivity index (χ1) is 11.3. The molecule has 0 bridgehead atoms. The van der Waals surface area contributed by atoms with Gasteiger partial charge in [0.15, 0.2) is 15.5 Å². The predicted octanol–water partition coefficient (Wildman–Crippen LogP) is 2.41. The molecule has 3 rings (SSSR count). The molecule has 1 aromatic carbocycles. The summed E-state index contributed by atoms with van der Waals surface area (Å²) in [5.74, 6) is -0.418. The maximum atomic E-state index is 12.0. The van der Waals surface area contributed by atoms with E-state index in [2.05, 4.69) is 20.9 Å². The Balaban J connectivity index is 2.14. The minimum absolute atomic E-state index is 0.0968. The standard InChI is InChI=1S/C16H17BrN2O4S/c1-10-9-19(5-6-24(10,21)22)15-8-14(16(20)23-2)18-13-4-3-11(17)7-12(13)15/h3-4,7-8,10H,5-6,9H2,1-2H3. The number of methoxy groups -OCH3 is 1. The molecular weight excluding hydrogens is 396 g/mol. The molecule has 2 aromatic rings. The number of carbonyl (C=O) groups is 1. The molecule has 24 heavy (non-hydrogen) atoms. The molecule has 0 amide bonds. The molecular formula is C16H17BrN2O4S. The van der Waals surface area contributed by atoms with Crippen molar-refractivity contribution in [3.8, 4) is 0 Å². The van der Waals surface area contributed by atoms with E-state index in [0.717, 1.165) is 15.5 Å². The number of aromatic nitrogens is 1. The van der Waals surface area contributed by atoms with E-state index in [1.165, 1.54) is 7.11 Å². The smallest absolute Gasteiger partial charge is 0.356 e.